The highest BCUT2D eigenvalue weighted by Gasteiger charge is 2.42. The van der Waals surface area contributed by atoms with Gasteiger partial charge in [0.1, 0.15) is 18.6 Å². The van der Waals surface area contributed by atoms with Crippen LogP contribution in [0, 0.1) is 0 Å². The molecule has 1 aromatic heterocycles. The molecule has 1 aliphatic heterocycles. The number of rotatable bonds is 7. The van der Waals surface area contributed by atoms with Crippen molar-refractivity contribution >= 4 is 17.7 Å². The van der Waals surface area contributed by atoms with Crippen LogP contribution in [0.15, 0.2) is 5.16 Å². The highest BCUT2D eigenvalue weighted by Crippen LogP contribution is 2.31. The minimum atomic E-state index is 0.0866. The van der Waals surface area contributed by atoms with Gasteiger partial charge in [0, 0.05) is 12.8 Å². The van der Waals surface area contributed by atoms with Crippen LogP contribution in [0.1, 0.15) is 63.8 Å². The second kappa shape index (κ2) is 9.54. The van der Waals surface area contributed by atoms with E-state index in [1.54, 1.807) is 4.90 Å². The fourth-order valence-corrected chi connectivity index (χ4v) is 5.91. The monoisotopic (exact) mass is 409 g/mol. The van der Waals surface area contributed by atoms with E-state index in [9.17, 15) is 4.79 Å². The Labute approximate surface area is 171 Å². The first-order valence-electron chi connectivity index (χ1n) is 10.9. The van der Waals surface area contributed by atoms with Crippen LogP contribution >= 0.6 is 11.8 Å². The molecule has 3 fully saturated rings. The summed E-state index contributed by atoms with van der Waals surface area (Å²) in [5.74, 6) is 0.463. The summed E-state index contributed by atoms with van der Waals surface area (Å²) >= 11 is 1.46. The number of nitrogens with one attached hydrogen (secondary N) is 2. The summed E-state index contributed by atoms with van der Waals surface area (Å²) in [6, 6.07) is 0.399. The molecular weight excluding hydrogens is 376 g/mol. The number of tetrazole rings is 1. The van der Waals surface area contributed by atoms with Crippen molar-refractivity contribution in [1.29, 1.82) is 0 Å². The van der Waals surface area contributed by atoms with Gasteiger partial charge < -0.3 is 15.0 Å². The zero-order valence-corrected chi connectivity index (χ0v) is 17.5. The molecule has 9 heteroatoms. The molecule has 3 aliphatic rings. The quantitative estimate of drug-likeness (QED) is 0.642. The number of morpholine rings is 1. The fraction of sp³-hybridized carbons (Fsp3) is 0.895. The number of carbonyl (C=O) groups excluding carboxylic acids is 1. The van der Waals surface area contributed by atoms with Crippen LogP contribution in [-0.2, 0) is 9.53 Å². The zero-order valence-electron chi connectivity index (χ0n) is 16.7. The molecule has 0 aromatic carbocycles. The second-order valence-corrected chi connectivity index (χ2v) is 9.41. The predicted octanol–water partition coefficient (Wildman–Crippen LogP) is 0.615. The summed E-state index contributed by atoms with van der Waals surface area (Å²) < 4.78 is 7.48. The van der Waals surface area contributed by atoms with Gasteiger partial charge in [-0.05, 0) is 36.1 Å². The Morgan fingerprint density at radius 1 is 1.18 bits per heavy atom. The van der Waals surface area contributed by atoms with Gasteiger partial charge in [0.25, 0.3) is 0 Å². The van der Waals surface area contributed by atoms with Crippen molar-refractivity contribution in [2.45, 2.75) is 74.5 Å². The lowest BCUT2D eigenvalue weighted by Crippen LogP contribution is -3.23. The average molecular weight is 410 g/mol. The van der Waals surface area contributed by atoms with E-state index in [2.05, 4.69) is 20.8 Å². The smallest absolute Gasteiger partial charge is 0.230 e. The van der Waals surface area contributed by atoms with Crippen LogP contribution in [0.5, 0.6) is 0 Å². The number of aromatic nitrogens is 4. The van der Waals surface area contributed by atoms with Crippen molar-refractivity contribution in [1.82, 2.24) is 25.5 Å². The van der Waals surface area contributed by atoms with Crippen LogP contribution in [0.3, 0.4) is 0 Å². The minimum absolute atomic E-state index is 0.0866. The molecule has 2 N–H and O–H groups in total. The average Bonchev–Trinajstić information content (AvgIpc) is 3.43. The molecule has 4 rings (SSSR count). The number of nitrogens with zero attached hydrogens (tertiary/aromatic N) is 4. The van der Waals surface area contributed by atoms with Crippen molar-refractivity contribution < 1.29 is 14.4 Å². The lowest BCUT2D eigenvalue weighted by molar-refractivity contribution is -0.960. The molecule has 28 heavy (non-hydrogen) atoms. The van der Waals surface area contributed by atoms with Crippen molar-refractivity contribution in [3.05, 3.63) is 0 Å². The fourth-order valence-electron chi connectivity index (χ4n) is 5.14. The van der Waals surface area contributed by atoms with Crippen molar-refractivity contribution in [3.63, 3.8) is 0 Å². The van der Waals surface area contributed by atoms with Gasteiger partial charge in [0.2, 0.25) is 11.1 Å². The lowest BCUT2D eigenvalue weighted by atomic mass is 9.79. The minimum Gasteiger partial charge on any atom is -0.370 e. The molecule has 0 spiro atoms. The zero-order chi connectivity index (χ0) is 19.2. The first-order chi connectivity index (χ1) is 13.8. The molecule has 1 amide bonds. The van der Waals surface area contributed by atoms with E-state index in [-0.39, 0.29) is 11.4 Å². The Bertz CT molecular complexity index is 636. The number of thioether (sulfide) groups is 1. The highest BCUT2D eigenvalue weighted by molar-refractivity contribution is 7.99. The molecule has 2 heterocycles. The maximum Gasteiger partial charge on any atom is 0.230 e. The second-order valence-electron chi connectivity index (χ2n) is 8.47. The summed E-state index contributed by atoms with van der Waals surface area (Å²) in [6.45, 7) is 4.56. The number of amides is 1. The van der Waals surface area contributed by atoms with Crippen LogP contribution in [-0.4, -0.2) is 70.3 Å². The summed E-state index contributed by atoms with van der Waals surface area (Å²) in [4.78, 5) is 14.2. The molecule has 0 unspecified atom stereocenters. The molecule has 2 saturated carbocycles. The van der Waals surface area contributed by atoms with Gasteiger partial charge in [-0.25, -0.2) is 4.68 Å². The molecule has 0 bridgehead atoms. The Hall–Kier alpha value is -1.19. The van der Waals surface area contributed by atoms with Gasteiger partial charge in [-0.3, -0.25) is 4.79 Å². The number of hydrogen-bond donors (Lipinski definition) is 2. The maximum absolute atomic E-state index is 12.6. The first-order valence-corrected chi connectivity index (χ1v) is 11.9. The Balaban J connectivity index is 1.30. The molecule has 0 atom stereocenters. The van der Waals surface area contributed by atoms with Crippen LogP contribution in [0.25, 0.3) is 0 Å². The van der Waals surface area contributed by atoms with Gasteiger partial charge in [0.15, 0.2) is 0 Å². The Morgan fingerprint density at radius 3 is 2.68 bits per heavy atom. The van der Waals surface area contributed by atoms with E-state index in [0.717, 1.165) is 50.8 Å². The van der Waals surface area contributed by atoms with Crippen molar-refractivity contribution in [2.24, 2.45) is 0 Å². The van der Waals surface area contributed by atoms with Crippen LogP contribution in [0.4, 0.5) is 0 Å². The van der Waals surface area contributed by atoms with Gasteiger partial charge >= 0.3 is 0 Å². The van der Waals surface area contributed by atoms with E-state index in [0.29, 0.717) is 11.8 Å². The van der Waals surface area contributed by atoms with E-state index >= 15 is 0 Å². The number of ether oxygens (including phenoxy) is 1. The third-order valence-corrected chi connectivity index (χ3v) is 7.68. The number of carbonyl (C=O) groups is 1. The normalized spacial score (nSPS) is 23.7. The Morgan fingerprint density at radius 2 is 1.93 bits per heavy atom. The topological polar surface area (TPSA) is 86.4 Å². The van der Waals surface area contributed by atoms with Crippen molar-refractivity contribution in [2.75, 3.05) is 38.6 Å². The summed E-state index contributed by atoms with van der Waals surface area (Å²) in [7, 11) is 0. The number of hydrogen-bond acceptors (Lipinski definition) is 6. The standard InChI is InChI=1S/C19H32N6O2S/c26-17(14-28-18-21-22-23-25(18)16-6-2-3-7-16)20-15-19(8-4-1-5-9-19)24-10-12-27-13-11-24/h16H,1-15H2,(H,20,26)/p+1. The maximum atomic E-state index is 12.6. The van der Waals surface area contributed by atoms with E-state index in [1.165, 1.54) is 56.7 Å². The summed E-state index contributed by atoms with van der Waals surface area (Å²) in [5, 5.41) is 16.1. The van der Waals surface area contributed by atoms with Gasteiger partial charge in [-0.1, -0.05) is 31.0 Å². The third-order valence-electron chi connectivity index (χ3n) is 6.75. The summed E-state index contributed by atoms with van der Waals surface area (Å²) in [6.07, 6.45) is 11.0. The molecule has 1 aromatic rings. The predicted molar refractivity (Wildman–Crippen MR) is 106 cm³/mol. The molecular formula is C19H33N6O2S+. The third kappa shape index (κ3) is 4.68. The lowest BCUT2D eigenvalue weighted by Gasteiger charge is -2.45. The molecule has 2 aliphatic carbocycles. The molecule has 8 nitrogen and oxygen atoms in total. The van der Waals surface area contributed by atoms with E-state index in [1.807, 2.05) is 4.68 Å². The van der Waals surface area contributed by atoms with Crippen molar-refractivity contribution in [3.8, 4) is 0 Å². The van der Waals surface area contributed by atoms with Gasteiger partial charge in [-0.15, -0.1) is 5.10 Å². The van der Waals surface area contributed by atoms with E-state index in [4.69, 9.17) is 4.74 Å². The molecule has 156 valence electrons. The van der Waals surface area contributed by atoms with Gasteiger partial charge in [0.05, 0.1) is 31.6 Å². The Kier molecular flexibility index (Phi) is 6.85. The van der Waals surface area contributed by atoms with E-state index < -0.39 is 0 Å². The SMILES string of the molecule is O=C(CSc1nnnn1C1CCCC1)NCC1([NH+]2CCOCC2)CCCCC1. The summed E-state index contributed by atoms with van der Waals surface area (Å²) in [5.41, 5.74) is 0.188. The van der Waals surface area contributed by atoms with Gasteiger partial charge in [-0.2, -0.15) is 0 Å². The number of quaternary nitrogens is 1. The first kappa shape index (κ1) is 20.1. The largest absolute Gasteiger partial charge is 0.370 e. The van der Waals surface area contributed by atoms with Crippen LogP contribution < -0.4 is 10.2 Å². The molecule has 0 radical (unpaired) electrons. The van der Waals surface area contributed by atoms with Crippen LogP contribution in [0.2, 0.25) is 0 Å². The highest BCUT2D eigenvalue weighted by atomic mass is 32.2. The molecule has 1 saturated heterocycles.